The highest BCUT2D eigenvalue weighted by atomic mass is 16.5. The second kappa shape index (κ2) is 6.49. The fraction of sp³-hybridized carbons (Fsp3) is 0.600. The first kappa shape index (κ1) is 15.7. The van der Waals surface area contributed by atoms with E-state index < -0.39 is 0 Å². The van der Waals surface area contributed by atoms with E-state index in [-0.39, 0.29) is 24.8 Å². The smallest absolute Gasteiger partial charge is 0.276 e. The number of hydrogen-bond acceptors (Lipinski definition) is 7. The second-order valence-corrected chi connectivity index (χ2v) is 5.64. The first-order valence-corrected chi connectivity index (χ1v) is 7.69. The summed E-state index contributed by atoms with van der Waals surface area (Å²) in [7, 11) is 1.57. The minimum Gasteiger partial charge on any atom is -0.380 e. The summed E-state index contributed by atoms with van der Waals surface area (Å²) in [6, 6.07) is 0. The van der Waals surface area contributed by atoms with Gasteiger partial charge in [0.15, 0.2) is 11.5 Å². The largest absolute Gasteiger partial charge is 0.380 e. The number of amides is 1. The van der Waals surface area contributed by atoms with E-state index >= 15 is 0 Å². The van der Waals surface area contributed by atoms with Crippen molar-refractivity contribution in [3.63, 3.8) is 0 Å². The van der Waals surface area contributed by atoms with Gasteiger partial charge in [-0.2, -0.15) is 4.98 Å². The molecule has 0 radical (unpaired) electrons. The van der Waals surface area contributed by atoms with Crippen LogP contribution in [0.3, 0.4) is 0 Å². The first-order valence-electron chi connectivity index (χ1n) is 7.69. The van der Waals surface area contributed by atoms with E-state index in [4.69, 9.17) is 13.8 Å². The Bertz CT molecular complexity index is 689. The summed E-state index contributed by atoms with van der Waals surface area (Å²) in [5, 5.41) is 7.83. The van der Waals surface area contributed by atoms with Gasteiger partial charge in [0.25, 0.3) is 5.91 Å². The number of carbonyl (C=O) groups excluding carboxylic acids is 1. The molecule has 1 aliphatic rings. The summed E-state index contributed by atoms with van der Waals surface area (Å²) in [5.74, 6) is 1.93. The van der Waals surface area contributed by atoms with Crippen LogP contribution in [0.15, 0.2) is 9.05 Å². The molecule has 1 aliphatic carbocycles. The molecule has 3 rings (SSSR count). The molecule has 2 heterocycles. The molecule has 0 bridgehead atoms. The Balaban J connectivity index is 1.75. The van der Waals surface area contributed by atoms with Crippen molar-refractivity contribution in [1.82, 2.24) is 20.2 Å². The third-order valence-electron chi connectivity index (χ3n) is 3.89. The van der Waals surface area contributed by atoms with Crippen molar-refractivity contribution >= 4 is 5.91 Å². The molecule has 0 atom stereocenters. The molecular weight excluding hydrogens is 300 g/mol. The van der Waals surface area contributed by atoms with E-state index in [1.165, 1.54) is 0 Å². The van der Waals surface area contributed by atoms with E-state index in [1.54, 1.807) is 18.9 Å². The monoisotopic (exact) mass is 320 g/mol. The predicted octanol–water partition coefficient (Wildman–Crippen LogP) is 2.05. The van der Waals surface area contributed by atoms with Crippen molar-refractivity contribution in [2.24, 2.45) is 0 Å². The quantitative estimate of drug-likeness (QED) is 0.770. The highest BCUT2D eigenvalue weighted by Gasteiger charge is 2.30. The average molecular weight is 320 g/mol. The lowest BCUT2D eigenvalue weighted by Gasteiger charge is -2.18. The second-order valence-electron chi connectivity index (χ2n) is 5.64. The van der Waals surface area contributed by atoms with Crippen LogP contribution in [-0.4, -0.2) is 39.8 Å². The van der Waals surface area contributed by atoms with Crippen molar-refractivity contribution in [1.29, 1.82) is 0 Å². The molecular formula is C15H20N4O4. The number of carbonyl (C=O) groups is 1. The summed E-state index contributed by atoms with van der Waals surface area (Å²) in [6.07, 6.45) is 2.19. The van der Waals surface area contributed by atoms with E-state index in [0.717, 1.165) is 12.8 Å². The molecule has 0 saturated heterocycles. The maximum atomic E-state index is 12.7. The Morgan fingerprint density at radius 1 is 1.35 bits per heavy atom. The van der Waals surface area contributed by atoms with Crippen molar-refractivity contribution in [2.75, 3.05) is 13.7 Å². The van der Waals surface area contributed by atoms with Crippen LogP contribution >= 0.6 is 0 Å². The first-order chi connectivity index (χ1) is 11.1. The lowest BCUT2D eigenvalue weighted by atomic mass is 10.2. The number of hydrogen-bond donors (Lipinski definition) is 0. The molecule has 23 heavy (non-hydrogen) atoms. The summed E-state index contributed by atoms with van der Waals surface area (Å²) in [5.41, 5.74) is 0.944. The van der Waals surface area contributed by atoms with Crippen molar-refractivity contribution in [3.05, 3.63) is 28.7 Å². The molecule has 8 heteroatoms. The van der Waals surface area contributed by atoms with Crippen molar-refractivity contribution < 1.29 is 18.6 Å². The fourth-order valence-electron chi connectivity index (χ4n) is 2.35. The molecule has 1 amide bonds. The lowest BCUT2D eigenvalue weighted by molar-refractivity contribution is 0.0732. The number of aryl methyl sites for hydroxylation is 1. The number of rotatable bonds is 7. The van der Waals surface area contributed by atoms with E-state index in [9.17, 15) is 4.79 Å². The van der Waals surface area contributed by atoms with E-state index in [2.05, 4.69) is 15.3 Å². The van der Waals surface area contributed by atoms with Crippen LogP contribution in [0.4, 0.5) is 0 Å². The average Bonchev–Trinajstić information content (AvgIpc) is 3.19. The molecule has 0 aliphatic heterocycles. The summed E-state index contributed by atoms with van der Waals surface area (Å²) in [4.78, 5) is 18.7. The number of aromatic nitrogens is 3. The zero-order valence-electron chi connectivity index (χ0n) is 13.5. The van der Waals surface area contributed by atoms with Gasteiger partial charge in [0, 0.05) is 19.6 Å². The maximum absolute atomic E-state index is 12.7. The molecule has 1 fully saturated rings. The Labute approximate surface area is 133 Å². The fourth-order valence-corrected chi connectivity index (χ4v) is 2.35. The highest BCUT2D eigenvalue weighted by Crippen LogP contribution is 2.38. The van der Waals surface area contributed by atoms with Gasteiger partial charge in [-0.3, -0.25) is 4.79 Å². The molecule has 8 nitrogen and oxygen atoms in total. The summed E-state index contributed by atoms with van der Waals surface area (Å²) >= 11 is 0. The molecule has 0 N–H and O–H groups in total. The molecule has 1 saturated carbocycles. The predicted molar refractivity (Wildman–Crippen MR) is 78.6 cm³/mol. The summed E-state index contributed by atoms with van der Waals surface area (Å²) in [6.45, 7) is 4.72. The molecule has 124 valence electrons. The van der Waals surface area contributed by atoms with Crippen LogP contribution in [-0.2, 0) is 17.9 Å². The van der Waals surface area contributed by atoms with E-state index in [1.807, 2.05) is 6.92 Å². The molecule has 2 aromatic heterocycles. The molecule has 0 spiro atoms. The third kappa shape index (κ3) is 3.26. The Kier molecular flexibility index (Phi) is 4.42. The normalized spacial score (nSPS) is 14.2. The van der Waals surface area contributed by atoms with Crippen molar-refractivity contribution in [2.45, 2.75) is 45.8 Å². The molecule has 2 aromatic rings. The third-order valence-corrected chi connectivity index (χ3v) is 3.89. The highest BCUT2D eigenvalue weighted by molar-refractivity contribution is 5.93. The Morgan fingerprint density at radius 2 is 2.13 bits per heavy atom. The standard InChI is InChI=1S/C15H20N4O4/c1-4-19(7-12-16-14(23-17-12)10-5-6-10)15(20)13-11(8-21-3)9(2)22-18-13/h10H,4-8H2,1-3H3. The number of ether oxygens (including phenoxy) is 1. The molecule has 0 aromatic carbocycles. The van der Waals surface area contributed by atoms with Crippen LogP contribution in [0, 0.1) is 6.92 Å². The number of methoxy groups -OCH3 is 1. The topological polar surface area (TPSA) is 94.5 Å². The van der Waals surface area contributed by atoms with Gasteiger partial charge in [0.05, 0.1) is 18.7 Å². The lowest BCUT2D eigenvalue weighted by Crippen LogP contribution is -2.31. The maximum Gasteiger partial charge on any atom is 0.276 e. The summed E-state index contributed by atoms with van der Waals surface area (Å²) < 4.78 is 15.5. The van der Waals surface area contributed by atoms with Crippen LogP contribution in [0.1, 0.15) is 59.2 Å². The van der Waals surface area contributed by atoms with Crippen LogP contribution < -0.4 is 0 Å². The van der Waals surface area contributed by atoms with Crippen LogP contribution in [0.2, 0.25) is 0 Å². The van der Waals surface area contributed by atoms with Crippen LogP contribution in [0.25, 0.3) is 0 Å². The SMILES string of the molecule is CCN(Cc1noc(C2CC2)n1)C(=O)c1noc(C)c1COC. The van der Waals surface area contributed by atoms with Gasteiger partial charge in [-0.1, -0.05) is 10.3 Å². The number of nitrogens with zero attached hydrogens (tertiary/aromatic N) is 4. The van der Waals surface area contributed by atoms with Gasteiger partial charge < -0.3 is 18.7 Å². The van der Waals surface area contributed by atoms with Crippen LogP contribution in [0.5, 0.6) is 0 Å². The minimum atomic E-state index is -0.228. The minimum absolute atomic E-state index is 0.228. The Hall–Kier alpha value is -2.22. The van der Waals surface area contributed by atoms with Gasteiger partial charge in [-0.05, 0) is 26.7 Å². The Morgan fingerprint density at radius 3 is 2.78 bits per heavy atom. The van der Waals surface area contributed by atoms with Gasteiger partial charge in [0.2, 0.25) is 5.89 Å². The van der Waals surface area contributed by atoms with Gasteiger partial charge in [0.1, 0.15) is 5.76 Å². The van der Waals surface area contributed by atoms with Gasteiger partial charge >= 0.3 is 0 Å². The van der Waals surface area contributed by atoms with E-state index in [0.29, 0.717) is 35.5 Å². The van der Waals surface area contributed by atoms with Gasteiger partial charge in [-0.25, -0.2) is 0 Å². The molecule has 0 unspecified atom stereocenters. The van der Waals surface area contributed by atoms with Gasteiger partial charge in [-0.15, -0.1) is 0 Å². The van der Waals surface area contributed by atoms with Crippen molar-refractivity contribution in [3.8, 4) is 0 Å². The zero-order valence-corrected chi connectivity index (χ0v) is 13.5. The zero-order chi connectivity index (χ0) is 16.4.